The number of alkyl halides is 1. The molecule has 0 unspecified atom stereocenters. The summed E-state index contributed by atoms with van der Waals surface area (Å²) < 4.78 is 0. The second-order valence-electron chi connectivity index (χ2n) is 2.70. The predicted molar refractivity (Wildman–Crippen MR) is 60.4 cm³/mol. The van der Waals surface area contributed by atoms with Crippen LogP contribution in [0.15, 0.2) is 0 Å². The summed E-state index contributed by atoms with van der Waals surface area (Å²) in [5.41, 5.74) is 0. The molecule has 0 aliphatic heterocycles. The molecule has 74 valence electrons. The average molecular weight is 210 g/mol. The molecule has 0 saturated carbocycles. The van der Waals surface area contributed by atoms with E-state index >= 15 is 0 Å². The van der Waals surface area contributed by atoms with Crippen molar-refractivity contribution in [2.45, 2.75) is 26.2 Å². The lowest BCUT2D eigenvalue weighted by molar-refractivity contribution is 0.636. The fourth-order valence-electron chi connectivity index (χ4n) is 0.913. The summed E-state index contributed by atoms with van der Waals surface area (Å²) in [4.78, 5) is 0. The summed E-state index contributed by atoms with van der Waals surface area (Å²) in [5, 5.41) is 3.41. The number of thioether (sulfide) groups is 1. The van der Waals surface area contributed by atoms with Crippen LogP contribution in [-0.2, 0) is 0 Å². The summed E-state index contributed by atoms with van der Waals surface area (Å²) in [6.07, 6.45) is 3.64. The maximum atomic E-state index is 5.55. The quantitative estimate of drug-likeness (QED) is 0.463. The second-order valence-corrected chi connectivity index (χ2v) is 4.47. The molecular weight excluding hydrogens is 190 g/mol. The summed E-state index contributed by atoms with van der Waals surface area (Å²) in [6, 6.07) is 0. The van der Waals surface area contributed by atoms with E-state index in [2.05, 4.69) is 12.2 Å². The van der Waals surface area contributed by atoms with E-state index < -0.39 is 0 Å². The van der Waals surface area contributed by atoms with Crippen molar-refractivity contribution in [2.75, 3.05) is 30.5 Å². The lowest BCUT2D eigenvalue weighted by Crippen LogP contribution is -2.17. The molecule has 1 N–H and O–H groups in total. The Morgan fingerprint density at radius 2 is 1.92 bits per heavy atom. The lowest BCUT2D eigenvalue weighted by atomic mass is 10.3. The van der Waals surface area contributed by atoms with Crippen molar-refractivity contribution in [1.82, 2.24) is 5.32 Å². The number of halogens is 1. The summed E-state index contributed by atoms with van der Waals surface area (Å²) in [5.74, 6) is 3.33. The van der Waals surface area contributed by atoms with Gasteiger partial charge in [0.15, 0.2) is 0 Å². The molecule has 0 spiro atoms. The van der Waals surface area contributed by atoms with E-state index in [0.717, 1.165) is 25.4 Å². The molecule has 0 atom stereocenters. The molecule has 0 bridgehead atoms. The average Bonchev–Trinajstić information content (AvgIpc) is 2.10. The van der Waals surface area contributed by atoms with Gasteiger partial charge in [0.25, 0.3) is 0 Å². The molecule has 1 nitrogen and oxygen atoms in total. The molecule has 0 heterocycles. The smallest absolute Gasteiger partial charge is 0.0223 e. The predicted octanol–water partition coefficient (Wildman–Crippen LogP) is 2.74. The Morgan fingerprint density at radius 1 is 1.17 bits per heavy atom. The molecule has 0 rings (SSSR count). The zero-order chi connectivity index (χ0) is 9.07. The summed E-state index contributed by atoms with van der Waals surface area (Å²) in [6.45, 7) is 4.50. The van der Waals surface area contributed by atoms with Gasteiger partial charge in [0.1, 0.15) is 0 Å². The highest BCUT2D eigenvalue weighted by atomic mass is 35.5. The molecule has 0 aromatic carbocycles. The van der Waals surface area contributed by atoms with Crippen molar-refractivity contribution >= 4 is 23.4 Å². The SMILES string of the molecule is CCSCCCNCCCCCl. The Hall–Kier alpha value is 0.600. The van der Waals surface area contributed by atoms with Gasteiger partial charge in [0.2, 0.25) is 0 Å². The van der Waals surface area contributed by atoms with Gasteiger partial charge >= 0.3 is 0 Å². The third kappa shape index (κ3) is 10.6. The highest BCUT2D eigenvalue weighted by Gasteiger charge is 1.88. The number of rotatable bonds is 9. The zero-order valence-electron chi connectivity index (χ0n) is 7.94. The second kappa shape index (κ2) is 11.6. The first-order valence-corrected chi connectivity index (χ1v) is 6.45. The fourth-order valence-corrected chi connectivity index (χ4v) is 1.74. The highest BCUT2D eigenvalue weighted by molar-refractivity contribution is 7.99. The van der Waals surface area contributed by atoms with Gasteiger partial charge in [-0.2, -0.15) is 11.8 Å². The van der Waals surface area contributed by atoms with Gasteiger partial charge in [-0.15, -0.1) is 11.6 Å². The Kier molecular flexibility index (Phi) is 12.2. The van der Waals surface area contributed by atoms with Gasteiger partial charge in [0, 0.05) is 5.88 Å². The monoisotopic (exact) mass is 209 g/mol. The first kappa shape index (κ1) is 12.6. The molecule has 12 heavy (non-hydrogen) atoms. The number of hydrogen-bond acceptors (Lipinski definition) is 2. The van der Waals surface area contributed by atoms with Crippen LogP contribution in [0.4, 0.5) is 0 Å². The molecule has 0 aliphatic rings. The van der Waals surface area contributed by atoms with Gasteiger partial charge in [0.05, 0.1) is 0 Å². The van der Waals surface area contributed by atoms with Gasteiger partial charge in [-0.1, -0.05) is 6.92 Å². The Labute approximate surface area is 85.6 Å². The Morgan fingerprint density at radius 3 is 2.58 bits per heavy atom. The normalized spacial score (nSPS) is 10.5. The van der Waals surface area contributed by atoms with Crippen LogP contribution in [0.1, 0.15) is 26.2 Å². The maximum Gasteiger partial charge on any atom is 0.0223 e. The van der Waals surface area contributed by atoms with Crippen LogP contribution in [0.25, 0.3) is 0 Å². The van der Waals surface area contributed by atoms with Crippen molar-refractivity contribution in [3.05, 3.63) is 0 Å². The van der Waals surface area contributed by atoms with Crippen LogP contribution in [0.3, 0.4) is 0 Å². The number of hydrogen-bond donors (Lipinski definition) is 1. The van der Waals surface area contributed by atoms with Crippen LogP contribution in [0, 0.1) is 0 Å². The molecule has 0 fully saturated rings. The van der Waals surface area contributed by atoms with Crippen LogP contribution in [0.2, 0.25) is 0 Å². The molecule has 0 aromatic rings. The first-order valence-electron chi connectivity index (χ1n) is 4.76. The van der Waals surface area contributed by atoms with Crippen molar-refractivity contribution in [3.8, 4) is 0 Å². The van der Waals surface area contributed by atoms with Crippen molar-refractivity contribution in [2.24, 2.45) is 0 Å². The van der Waals surface area contributed by atoms with Crippen LogP contribution in [-0.4, -0.2) is 30.5 Å². The van der Waals surface area contributed by atoms with Crippen LogP contribution < -0.4 is 5.32 Å². The van der Waals surface area contributed by atoms with Gasteiger partial charge in [-0.3, -0.25) is 0 Å². The largest absolute Gasteiger partial charge is 0.317 e. The van der Waals surface area contributed by atoms with Gasteiger partial charge in [-0.05, 0) is 43.9 Å². The molecule has 3 heteroatoms. The maximum absolute atomic E-state index is 5.55. The van der Waals surface area contributed by atoms with E-state index in [4.69, 9.17) is 11.6 Å². The van der Waals surface area contributed by atoms with Crippen molar-refractivity contribution < 1.29 is 0 Å². The summed E-state index contributed by atoms with van der Waals surface area (Å²) in [7, 11) is 0. The standard InChI is InChI=1S/C9H20ClNS/c1-2-12-9-5-8-11-7-4-3-6-10/h11H,2-9H2,1H3. The Bertz CT molecular complexity index is 70.9. The molecular formula is C9H20ClNS. The lowest BCUT2D eigenvalue weighted by Gasteiger charge is -2.02. The van der Waals surface area contributed by atoms with Crippen LogP contribution in [0.5, 0.6) is 0 Å². The Balaban J connectivity index is 2.73. The van der Waals surface area contributed by atoms with E-state index in [1.54, 1.807) is 0 Å². The fraction of sp³-hybridized carbons (Fsp3) is 1.00. The molecule has 0 saturated heterocycles. The van der Waals surface area contributed by atoms with Crippen LogP contribution >= 0.6 is 23.4 Å². The van der Waals surface area contributed by atoms with Crippen molar-refractivity contribution in [1.29, 1.82) is 0 Å². The minimum Gasteiger partial charge on any atom is -0.317 e. The van der Waals surface area contributed by atoms with E-state index in [9.17, 15) is 0 Å². The first-order chi connectivity index (χ1) is 5.91. The van der Waals surface area contributed by atoms with E-state index in [1.165, 1.54) is 24.3 Å². The number of unbranched alkanes of at least 4 members (excludes halogenated alkanes) is 1. The molecule has 0 aliphatic carbocycles. The molecule has 0 radical (unpaired) electrons. The molecule has 0 aromatic heterocycles. The number of nitrogens with one attached hydrogen (secondary N) is 1. The minimum absolute atomic E-state index is 0.799. The highest BCUT2D eigenvalue weighted by Crippen LogP contribution is 1.99. The van der Waals surface area contributed by atoms with Crippen molar-refractivity contribution in [3.63, 3.8) is 0 Å². The third-order valence-electron chi connectivity index (χ3n) is 1.58. The van der Waals surface area contributed by atoms with E-state index in [1.807, 2.05) is 11.8 Å². The van der Waals surface area contributed by atoms with E-state index in [-0.39, 0.29) is 0 Å². The van der Waals surface area contributed by atoms with Gasteiger partial charge < -0.3 is 5.32 Å². The third-order valence-corrected chi connectivity index (χ3v) is 2.84. The minimum atomic E-state index is 0.799. The zero-order valence-corrected chi connectivity index (χ0v) is 9.52. The van der Waals surface area contributed by atoms with Gasteiger partial charge in [-0.25, -0.2) is 0 Å². The topological polar surface area (TPSA) is 12.0 Å². The summed E-state index contributed by atoms with van der Waals surface area (Å²) >= 11 is 7.57. The molecule has 0 amide bonds. The van der Waals surface area contributed by atoms with E-state index in [0.29, 0.717) is 0 Å².